The minimum atomic E-state index is -0.295. The quantitative estimate of drug-likeness (QED) is 0.624. The first-order valence-electron chi connectivity index (χ1n) is 3.75. The number of esters is 1. The van der Waals surface area contributed by atoms with Gasteiger partial charge in [0.05, 0.1) is 0 Å². The van der Waals surface area contributed by atoms with E-state index in [1.807, 2.05) is 31.2 Å². The third kappa shape index (κ3) is 2.74. The van der Waals surface area contributed by atoms with E-state index in [2.05, 4.69) is 0 Å². The lowest BCUT2D eigenvalue weighted by Crippen LogP contribution is -1.96. The van der Waals surface area contributed by atoms with Crippen molar-refractivity contribution in [3.05, 3.63) is 42.0 Å². The largest absolute Gasteiger partial charge is 0.453 e. The first-order chi connectivity index (χ1) is 5.68. The van der Waals surface area contributed by atoms with Crippen LogP contribution < -0.4 is 0 Å². The molecule has 0 aliphatic heterocycles. The number of hydrogen-bond acceptors (Lipinski definition) is 2. The zero-order valence-corrected chi connectivity index (χ0v) is 7.20. The van der Waals surface area contributed by atoms with Crippen molar-refractivity contribution < 1.29 is 9.53 Å². The Labute approximate surface area is 72.2 Å². The monoisotopic (exact) mass is 163 g/mol. The maximum absolute atomic E-state index is 10.4. The van der Waals surface area contributed by atoms with Crippen LogP contribution in [-0.2, 0) is 9.53 Å². The van der Waals surface area contributed by atoms with E-state index in [-0.39, 0.29) is 5.97 Å². The van der Waals surface area contributed by atoms with E-state index in [1.165, 1.54) is 13.5 Å². The van der Waals surface area contributed by atoms with Crippen molar-refractivity contribution in [3.8, 4) is 0 Å². The number of rotatable bonds is 2. The van der Waals surface area contributed by atoms with Crippen LogP contribution >= 0.6 is 0 Å². The average Bonchev–Trinajstić information content (AvgIpc) is 2.01. The van der Waals surface area contributed by atoms with Gasteiger partial charge in [-0.1, -0.05) is 29.8 Å². The fraction of sp³-hybridized carbons (Fsp3) is 0.200. The van der Waals surface area contributed by atoms with Gasteiger partial charge in [0.2, 0.25) is 0 Å². The second kappa shape index (κ2) is 3.90. The average molecular weight is 163 g/mol. The second-order valence-electron chi connectivity index (χ2n) is 2.64. The molecular weight excluding hydrogens is 152 g/mol. The van der Waals surface area contributed by atoms with E-state index in [4.69, 9.17) is 4.74 Å². The molecule has 1 aromatic carbocycles. The Hall–Kier alpha value is -1.31. The zero-order valence-electron chi connectivity index (χ0n) is 7.20. The van der Waals surface area contributed by atoms with Crippen LogP contribution in [0.3, 0.4) is 0 Å². The van der Waals surface area contributed by atoms with Gasteiger partial charge in [0, 0.05) is 6.92 Å². The highest BCUT2D eigenvalue weighted by atomic mass is 16.5. The molecule has 1 rings (SSSR count). The van der Waals surface area contributed by atoms with Gasteiger partial charge in [-0.05, 0) is 12.5 Å². The third-order valence-corrected chi connectivity index (χ3v) is 1.40. The van der Waals surface area contributed by atoms with Gasteiger partial charge >= 0.3 is 5.97 Å². The topological polar surface area (TPSA) is 26.3 Å². The maximum atomic E-state index is 10.4. The summed E-state index contributed by atoms with van der Waals surface area (Å²) in [7, 11) is 0. The van der Waals surface area contributed by atoms with Gasteiger partial charge in [0.15, 0.2) is 6.61 Å². The highest BCUT2D eigenvalue weighted by molar-refractivity contribution is 5.66. The Morgan fingerprint density at radius 2 is 2.25 bits per heavy atom. The Morgan fingerprint density at radius 3 is 2.83 bits per heavy atom. The van der Waals surface area contributed by atoms with Crippen LogP contribution in [0.4, 0.5) is 0 Å². The molecule has 0 aliphatic carbocycles. The van der Waals surface area contributed by atoms with E-state index in [0.717, 1.165) is 11.1 Å². The molecule has 2 heteroatoms. The lowest BCUT2D eigenvalue weighted by molar-refractivity contribution is -0.137. The van der Waals surface area contributed by atoms with Crippen LogP contribution in [0.1, 0.15) is 18.1 Å². The molecule has 0 N–H and O–H groups in total. The van der Waals surface area contributed by atoms with Crippen LogP contribution in [-0.4, -0.2) is 5.97 Å². The van der Waals surface area contributed by atoms with E-state index in [9.17, 15) is 4.79 Å². The van der Waals surface area contributed by atoms with Gasteiger partial charge in [-0.15, -0.1) is 0 Å². The summed E-state index contributed by atoms with van der Waals surface area (Å²) in [6.45, 7) is 4.83. The van der Waals surface area contributed by atoms with E-state index in [0.29, 0.717) is 0 Å². The summed E-state index contributed by atoms with van der Waals surface area (Å²) in [5.41, 5.74) is 2.06. The molecule has 1 aromatic rings. The number of carbonyl (C=O) groups excluding carboxylic acids is 1. The number of ether oxygens (including phenoxy) is 1. The zero-order chi connectivity index (χ0) is 8.97. The molecule has 0 heterocycles. The Kier molecular flexibility index (Phi) is 2.86. The molecule has 0 bridgehead atoms. The summed E-state index contributed by atoms with van der Waals surface area (Å²) in [5, 5.41) is 0. The van der Waals surface area contributed by atoms with Gasteiger partial charge in [-0.25, -0.2) is 0 Å². The molecule has 0 atom stereocenters. The van der Waals surface area contributed by atoms with Gasteiger partial charge in [-0.2, -0.15) is 0 Å². The molecule has 0 spiro atoms. The van der Waals surface area contributed by atoms with Gasteiger partial charge < -0.3 is 4.74 Å². The fourth-order valence-corrected chi connectivity index (χ4v) is 0.894. The van der Waals surface area contributed by atoms with Crippen LogP contribution in [0.25, 0.3) is 0 Å². The summed E-state index contributed by atoms with van der Waals surface area (Å²) < 4.78 is 4.72. The lowest BCUT2D eigenvalue weighted by atomic mass is 10.1. The summed E-state index contributed by atoms with van der Waals surface area (Å²) >= 11 is 0. The lowest BCUT2D eigenvalue weighted by Gasteiger charge is -2.00. The smallest absolute Gasteiger partial charge is 0.303 e. The molecule has 0 saturated heterocycles. The van der Waals surface area contributed by atoms with Crippen molar-refractivity contribution in [1.29, 1.82) is 0 Å². The number of aryl methyl sites for hydroxylation is 1. The number of hydrogen-bond donors (Lipinski definition) is 0. The Morgan fingerprint density at radius 1 is 1.50 bits per heavy atom. The molecule has 1 radical (unpaired) electrons. The summed E-state index contributed by atoms with van der Waals surface area (Å²) in [6.07, 6.45) is 0. The molecule has 63 valence electrons. The normalized spacial score (nSPS) is 9.50. The highest BCUT2D eigenvalue weighted by Gasteiger charge is 1.96. The van der Waals surface area contributed by atoms with E-state index >= 15 is 0 Å². The van der Waals surface area contributed by atoms with Crippen LogP contribution in [0, 0.1) is 13.5 Å². The molecule has 0 unspecified atom stereocenters. The summed E-state index contributed by atoms with van der Waals surface area (Å²) in [4.78, 5) is 10.4. The van der Waals surface area contributed by atoms with Crippen LogP contribution in [0.15, 0.2) is 24.3 Å². The molecule has 0 saturated carbocycles. The predicted molar refractivity (Wildman–Crippen MR) is 46.3 cm³/mol. The summed E-state index contributed by atoms with van der Waals surface area (Å²) in [5.74, 6) is -0.295. The van der Waals surface area contributed by atoms with E-state index < -0.39 is 0 Å². The van der Waals surface area contributed by atoms with E-state index in [1.54, 1.807) is 0 Å². The minimum absolute atomic E-state index is 0.295. The van der Waals surface area contributed by atoms with Crippen LogP contribution in [0.5, 0.6) is 0 Å². The van der Waals surface area contributed by atoms with Gasteiger partial charge in [0.25, 0.3) is 0 Å². The fourth-order valence-electron chi connectivity index (χ4n) is 0.894. The van der Waals surface area contributed by atoms with Gasteiger partial charge in [0.1, 0.15) is 0 Å². The van der Waals surface area contributed by atoms with Crippen molar-refractivity contribution in [1.82, 2.24) is 0 Å². The number of benzene rings is 1. The highest BCUT2D eigenvalue weighted by Crippen LogP contribution is 2.06. The maximum Gasteiger partial charge on any atom is 0.303 e. The first kappa shape index (κ1) is 8.78. The molecule has 0 fully saturated rings. The second-order valence-corrected chi connectivity index (χ2v) is 2.64. The van der Waals surface area contributed by atoms with Crippen molar-refractivity contribution in [2.24, 2.45) is 0 Å². The Bertz CT molecular complexity index is 279. The standard InChI is InChI=1S/C10H11O2/c1-8-4-3-5-10(6-8)7-12-9(2)11/h3-7H,1-2H3. The Balaban J connectivity index is 2.57. The van der Waals surface area contributed by atoms with Crippen molar-refractivity contribution in [2.45, 2.75) is 13.8 Å². The van der Waals surface area contributed by atoms with Crippen LogP contribution in [0.2, 0.25) is 0 Å². The van der Waals surface area contributed by atoms with Crippen molar-refractivity contribution in [3.63, 3.8) is 0 Å². The molecule has 12 heavy (non-hydrogen) atoms. The predicted octanol–water partition coefficient (Wildman–Crippen LogP) is 2.07. The summed E-state index contributed by atoms with van der Waals surface area (Å²) in [6, 6.07) is 7.74. The number of carbonyl (C=O) groups is 1. The SMILES string of the molecule is CC(=O)O[CH]c1cccc(C)c1. The minimum Gasteiger partial charge on any atom is -0.453 e. The molecule has 0 amide bonds. The molecule has 2 nitrogen and oxygen atoms in total. The molecular formula is C10H11O2. The van der Waals surface area contributed by atoms with Gasteiger partial charge in [-0.3, -0.25) is 4.79 Å². The van der Waals surface area contributed by atoms with Crippen molar-refractivity contribution in [2.75, 3.05) is 0 Å². The first-order valence-corrected chi connectivity index (χ1v) is 3.75. The van der Waals surface area contributed by atoms with Crippen molar-refractivity contribution >= 4 is 5.97 Å². The molecule has 0 aliphatic rings. The molecule has 0 aromatic heterocycles. The third-order valence-electron chi connectivity index (χ3n) is 1.40.